The molecule has 4 aromatic rings. The van der Waals surface area contributed by atoms with E-state index in [1.165, 1.54) is 29.7 Å². The zero-order chi connectivity index (χ0) is 22.5. The van der Waals surface area contributed by atoms with Crippen LogP contribution in [0.1, 0.15) is 15.9 Å². The van der Waals surface area contributed by atoms with E-state index in [-0.39, 0.29) is 5.56 Å². The number of nitrogens with zero attached hydrogens (tertiary/aromatic N) is 5. The molecule has 1 amide bonds. The lowest BCUT2D eigenvalue weighted by atomic mass is 10.2. The molecule has 9 nitrogen and oxygen atoms in total. The van der Waals surface area contributed by atoms with Crippen molar-refractivity contribution in [1.82, 2.24) is 24.5 Å². The number of rotatable bonds is 7. The number of anilines is 1. The van der Waals surface area contributed by atoms with E-state index in [1.54, 1.807) is 28.9 Å². The van der Waals surface area contributed by atoms with Gasteiger partial charge in [-0.15, -0.1) is 0 Å². The quantitative estimate of drug-likeness (QED) is 0.413. The van der Waals surface area contributed by atoms with Gasteiger partial charge in [0, 0.05) is 16.2 Å². The second-order valence-corrected chi connectivity index (χ2v) is 7.49. The maximum atomic E-state index is 12.4. The summed E-state index contributed by atoms with van der Waals surface area (Å²) < 4.78 is 8.15. The van der Waals surface area contributed by atoms with Crippen molar-refractivity contribution < 1.29 is 14.3 Å². The number of carbonyl (C=O) groups is 2. The third kappa shape index (κ3) is 5.13. The molecule has 11 heteroatoms. The van der Waals surface area contributed by atoms with Crippen LogP contribution in [0.15, 0.2) is 67.5 Å². The summed E-state index contributed by atoms with van der Waals surface area (Å²) in [7, 11) is 0. The SMILES string of the molecule is O=C(COC(=O)c1cnn(Cc2ccccc2Cl)c1)Nc1cc(Cl)ccc1-n1cncn1. The number of amides is 1. The van der Waals surface area contributed by atoms with Crippen LogP contribution >= 0.6 is 23.2 Å². The zero-order valence-electron chi connectivity index (χ0n) is 16.5. The first kappa shape index (κ1) is 21.5. The molecule has 0 aliphatic rings. The Balaban J connectivity index is 1.36. The van der Waals surface area contributed by atoms with Crippen molar-refractivity contribution in [2.24, 2.45) is 0 Å². The molecule has 32 heavy (non-hydrogen) atoms. The highest BCUT2D eigenvalue weighted by Gasteiger charge is 2.15. The summed E-state index contributed by atoms with van der Waals surface area (Å²) in [5.41, 5.74) is 2.04. The van der Waals surface area contributed by atoms with E-state index in [0.717, 1.165) is 5.56 Å². The van der Waals surface area contributed by atoms with Crippen molar-refractivity contribution in [3.05, 3.63) is 88.7 Å². The molecule has 0 unspecified atom stereocenters. The average molecular weight is 471 g/mol. The largest absolute Gasteiger partial charge is 0.452 e. The van der Waals surface area contributed by atoms with Crippen molar-refractivity contribution in [2.75, 3.05) is 11.9 Å². The Morgan fingerprint density at radius 3 is 2.72 bits per heavy atom. The number of nitrogens with one attached hydrogen (secondary N) is 1. The Kier molecular flexibility index (Phi) is 6.48. The lowest BCUT2D eigenvalue weighted by Crippen LogP contribution is -2.21. The van der Waals surface area contributed by atoms with Crippen LogP contribution < -0.4 is 5.32 Å². The van der Waals surface area contributed by atoms with Gasteiger partial charge in [-0.2, -0.15) is 10.2 Å². The fourth-order valence-electron chi connectivity index (χ4n) is 2.90. The van der Waals surface area contributed by atoms with Crippen molar-refractivity contribution in [3.8, 4) is 5.69 Å². The monoisotopic (exact) mass is 470 g/mol. The van der Waals surface area contributed by atoms with Crippen LogP contribution in [-0.2, 0) is 16.1 Å². The molecule has 0 saturated carbocycles. The molecule has 2 aromatic carbocycles. The average Bonchev–Trinajstić information content (AvgIpc) is 3.46. The lowest BCUT2D eigenvalue weighted by molar-refractivity contribution is -0.119. The molecule has 0 bridgehead atoms. The standard InChI is InChI=1S/C21H16Cl2N6O3/c22-16-5-6-19(29-13-24-12-26-29)18(7-16)27-20(30)11-32-21(31)15-8-25-28(10-15)9-14-3-1-2-4-17(14)23/h1-8,10,12-13H,9,11H2,(H,27,30). The molecule has 0 aliphatic heterocycles. The normalized spacial score (nSPS) is 10.7. The van der Waals surface area contributed by atoms with Crippen LogP contribution in [0, 0.1) is 0 Å². The molecule has 0 saturated heterocycles. The molecular formula is C21H16Cl2N6O3. The Bertz CT molecular complexity index is 1260. The van der Waals surface area contributed by atoms with Gasteiger partial charge in [0.05, 0.1) is 29.7 Å². The van der Waals surface area contributed by atoms with E-state index in [1.807, 2.05) is 18.2 Å². The maximum Gasteiger partial charge on any atom is 0.341 e. The van der Waals surface area contributed by atoms with Gasteiger partial charge in [-0.25, -0.2) is 14.5 Å². The third-order valence-corrected chi connectivity index (χ3v) is 5.00. The molecule has 0 fully saturated rings. The summed E-state index contributed by atoms with van der Waals surface area (Å²) in [6.45, 7) is -0.0922. The molecule has 0 radical (unpaired) electrons. The highest BCUT2D eigenvalue weighted by atomic mass is 35.5. The van der Waals surface area contributed by atoms with Crippen molar-refractivity contribution in [1.29, 1.82) is 0 Å². The Hall–Kier alpha value is -3.69. The van der Waals surface area contributed by atoms with E-state index in [9.17, 15) is 9.59 Å². The summed E-state index contributed by atoms with van der Waals surface area (Å²) in [5.74, 6) is -1.21. The van der Waals surface area contributed by atoms with Crippen LogP contribution in [0.3, 0.4) is 0 Å². The predicted octanol–water partition coefficient (Wildman–Crippen LogP) is 3.61. The molecule has 0 spiro atoms. The van der Waals surface area contributed by atoms with Gasteiger partial charge in [0.25, 0.3) is 5.91 Å². The molecule has 0 aliphatic carbocycles. The minimum Gasteiger partial charge on any atom is -0.452 e. The minimum atomic E-state index is -0.673. The highest BCUT2D eigenvalue weighted by Crippen LogP contribution is 2.24. The number of aromatic nitrogens is 5. The second kappa shape index (κ2) is 9.63. The van der Waals surface area contributed by atoms with Gasteiger partial charge in [0.1, 0.15) is 12.7 Å². The summed E-state index contributed by atoms with van der Waals surface area (Å²) in [4.78, 5) is 28.6. The molecule has 2 aromatic heterocycles. The van der Waals surface area contributed by atoms with Gasteiger partial charge in [0.15, 0.2) is 6.61 Å². The maximum absolute atomic E-state index is 12.4. The summed E-state index contributed by atoms with van der Waals surface area (Å²) >= 11 is 12.2. The van der Waals surface area contributed by atoms with Gasteiger partial charge in [0.2, 0.25) is 0 Å². The van der Waals surface area contributed by atoms with Crippen LogP contribution in [0.2, 0.25) is 10.0 Å². The van der Waals surface area contributed by atoms with Crippen molar-refractivity contribution >= 4 is 40.8 Å². The molecule has 4 rings (SSSR count). The van der Waals surface area contributed by atoms with Crippen molar-refractivity contribution in [3.63, 3.8) is 0 Å². The molecule has 1 N–H and O–H groups in total. The van der Waals surface area contributed by atoms with Crippen molar-refractivity contribution in [2.45, 2.75) is 6.54 Å². The summed E-state index contributed by atoms with van der Waals surface area (Å²) in [6.07, 6.45) is 5.76. The topological polar surface area (TPSA) is 104 Å². The highest BCUT2D eigenvalue weighted by molar-refractivity contribution is 6.31. The first-order valence-electron chi connectivity index (χ1n) is 9.37. The predicted molar refractivity (Wildman–Crippen MR) is 118 cm³/mol. The first-order chi connectivity index (χ1) is 15.5. The van der Waals surface area contributed by atoms with E-state index in [2.05, 4.69) is 20.5 Å². The number of carbonyl (C=O) groups excluding carboxylic acids is 2. The summed E-state index contributed by atoms with van der Waals surface area (Å²) in [5, 5.41) is 11.9. The molecular weight excluding hydrogens is 455 g/mol. The Morgan fingerprint density at radius 2 is 1.94 bits per heavy atom. The van der Waals surface area contributed by atoms with Crippen LogP contribution in [0.5, 0.6) is 0 Å². The number of halogens is 2. The molecule has 2 heterocycles. The Labute approximate surface area is 192 Å². The minimum absolute atomic E-state index is 0.218. The summed E-state index contributed by atoms with van der Waals surface area (Å²) in [6, 6.07) is 12.3. The fraction of sp³-hybridized carbons (Fsp3) is 0.0952. The van der Waals surface area contributed by atoms with E-state index in [0.29, 0.717) is 28.0 Å². The van der Waals surface area contributed by atoms with Crippen LogP contribution in [-0.4, -0.2) is 43.0 Å². The van der Waals surface area contributed by atoms with Gasteiger partial charge in [-0.3, -0.25) is 9.48 Å². The number of ether oxygens (including phenoxy) is 1. The van der Waals surface area contributed by atoms with Gasteiger partial charge < -0.3 is 10.1 Å². The number of benzene rings is 2. The smallest absolute Gasteiger partial charge is 0.341 e. The second-order valence-electron chi connectivity index (χ2n) is 6.64. The number of hydrogen-bond donors (Lipinski definition) is 1. The van der Waals surface area contributed by atoms with Gasteiger partial charge in [-0.05, 0) is 29.8 Å². The molecule has 162 valence electrons. The van der Waals surface area contributed by atoms with E-state index >= 15 is 0 Å². The number of hydrogen-bond acceptors (Lipinski definition) is 6. The molecule has 0 atom stereocenters. The Morgan fingerprint density at radius 1 is 1.09 bits per heavy atom. The van der Waals surface area contributed by atoms with Crippen LogP contribution in [0.4, 0.5) is 5.69 Å². The van der Waals surface area contributed by atoms with E-state index < -0.39 is 18.5 Å². The zero-order valence-corrected chi connectivity index (χ0v) is 18.0. The lowest BCUT2D eigenvalue weighted by Gasteiger charge is -2.11. The fourth-order valence-corrected chi connectivity index (χ4v) is 3.27. The van der Waals surface area contributed by atoms with Crippen LogP contribution in [0.25, 0.3) is 5.69 Å². The van der Waals surface area contributed by atoms with E-state index in [4.69, 9.17) is 27.9 Å². The third-order valence-electron chi connectivity index (χ3n) is 4.39. The first-order valence-corrected chi connectivity index (χ1v) is 10.1. The van der Waals surface area contributed by atoms with Gasteiger partial charge in [-0.1, -0.05) is 41.4 Å². The number of esters is 1. The van der Waals surface area contributed by atoms with Gasteiger partial charge >= 0.3 is 5.97 Å².